The van der Waals surface area contributed by atoms with Crippen molar-refractivity contribution in [3.8, 4) is 0 Å². The van der Waals surface area contributed by atoms with Crippen molar-refractivity contribution in [3.05, 3.63) is 107 Å². The minimum Gasteiger partial charge on any atom is -0.308 e. The van der Waals surface area contributed by atoms with Crippen LogP contribution in [0.4, 0.5) is 5.69 Å². The molecule has 1 aliphatic carbocycles. The Balaban J connectivity index is 0.000000342. The molecule has 1 unspecified atom stereocenters. The number of hydrogen-bond acceptors (Lipinski definition) is 4. The van der Waals surface area contributed by atoms with Gasteiger partial charge in [0.25, 0.3) is 0 Å². The maximum Gasteiger partial charge on any atom is 0.227 e. The topological polar surface area (TPSA) is 88.1 Å². The van der Waals surface area contributed by atoms with Crippen LogP contribution in [0.1, 0.15) is 82.1 Å². The number of benzene rings is 3. The van der Waals surface area contributed by atoms with E-state index in [1.54, 1.807) is 6.07 Å². The van der Waals surface area contributed by atoms with Crippen LogP contribution in [0, 0.1) is 0 Å². The second kappa shape index (κ2) is 18.2. The molecule has 6 nitrogen and oxygen atoms in total. The average molecular weight is 613 g/mol. The normalized spacial score (nSPS) is 15.0. The van der Waals surface area contributed by atoms with Crippen LogP contribution >= 0.6 is 0 Å². The molecule has 44 heavy (non-hydrogen) atoms. The van der Waals surface area contributed by atoms with E-state index in [0.717, 1.165) is 36.4 Å². The number of nitrogens with two attached hydrogens (primary N) is 1. The van der Waals surface area contributed by atoms with E-state index in [9.17, 15) is 9.00 Å². The molecule has 7 heteroatoms. The quantitative estimate of drug-likeness (QED) is 0.282. The maximum absolute atomic E-state index is 13.5. The van der Waals surface area contributed by atoms with Gasteiger partial charge in [-0.1, -0.05) is 82.3 Å². The second-order valence-electron chi connectivity index (χ2n) is 10.9. The molecule has 2 aliphatic rings. The molecule has 234 valence electrons. The van der Waals surface area contributed by atoms with Crippen molar-refractivity contribution in [3.63, 3.8) is 0 Å². The number of fused-ring (bicyclic) bond motifs is 1. The molecule has 0 fully saturated rings. The van der Waals surface area contributed by atoms with Crippen molar-refractivity contribution in [1.82, 2.24) is 0 Å². The van der Waals surface area contributed by atoms with Crippen LogP contribution in [-0.2, 0) is 35.0 Å². The summed E-state index contributed by atoms with van der Waals surface area (Å²) < 4.78 is 10.8. The van der Waals surface area contributed by atoms with Gasteiger partial charge in [0, 0.05) is 18.3 Å². The third kappa shape index (κ3) is 10.5. The summed E-state index contributed by atoms with van der Waals surface area (Å²) in [6.07, 6.45) is 10.1. The predicted octanol–water partition coefficient (Wildman–Crippen LogP) is 7.78. The summed E-state index contributed by atoms with van der Waals surface area (Å²) in [4.78, 5) is 25.0. The maximum atomic E-state index is 13.5. The number of amidine groups is 1. The standard InChI is InChI=1S/C27H31N3O.C8H11NOS.C2H6/c1-20(23-8-4-3-5-9-23)16-27(31)30(19-22-14-15-28-21(2)29-18-22)26-13-12-24-10-6-7-11-25(24)17-26;1-2-7-4-3-5-8(6-7)11(9)10;1-2/h3-5,8-9,12-14,17-18,20H,6-7,10-11,15-16,19H2,1-2H3;3-6H,2,9H2,1H3;1-2H3/t20-;;/m0../s1. The molecule has 0 bridgehead atoms. The van der Waals surface area contributed by atoms with Crippen molar-refractivity contribution in [1.29, 1.82) is 0 Å². The highest BCUT2D eigenvalue weighted by atomic mass is 32.2. The van der Waals surface area contributed by atoms with Gasteiger partial charge in [-0.15, -0.1) is 0 Å². The summed E-state index contributed by atoms with van der Waals surface area (Å²) >= 11 is 0. The molecule has 5 rings (SSSR count). The number of nitrogens with zero attached hydrogens (tertiary/aromatic N) is 3. The van der Waals surface area contributed by atoms with Crippen molar-refractivity contribution in [2.75, 3.05) is 18.0 Å². The molecule has 1 aliphatic heterocycles. The van der Waals surface area contributed by atoms with Gasteiger partial charge in [-0.25, -0.2) is 14.3 Å². The summed E-state index contributed by atoms with van der Waals surface area (Å²) in [5.41, 5.74) is 7.20. The van der Waals surface area contributed by atoms with Gasteiger partial charge < -0.3 is 4.90 Å². The zero-order valence-corrected chi connectivity index (χ0v) is 27.8. The van der Waals surface area contributed by atoms with Crippen LogP contribution in [0.2, 0.25) is 0 Å². The lowest BCUT2D eigenvalue weighted by Crippen LogP contribution is -2.34. The molecule has 1 heterocycles. The molecule has 3 aromatic rings. The predicted molar refractivity (Wildman–Crippen MR) is 187 cm³/mol. The zero-order valence-electron chi connectivity index (χ0n) is 27.0. The van der Waals surface area contributed by atoms with E-state index in [1.165, 1.54) is 35.1 Å². The first kappa shape index (κ1) is 34.8. The lowest BCUT2D eigenvalue weighted by atomic mass is 9.91. The van der Waals surface area contributed by atoms with Crippen LogP contribution in [0.25, 0.3) is 0 Å². The molecule has 1 amide bonds. The minimum atomic E-state index is -1.34. The number of anilines is 1. The molecule has 2 N–H and O–H groups in total. The Morgan fingerprint density at radius 2 is 1.70 bits per heavy atom. The first-order chi connectivity index (χ1) is 21.3. The van der Waals surface area contributed by atoms with Gasteiger partial charge in [0.05, 0.1) is 18.0 Å². The summed E-state index contributed by atoms with van der Waals surface area (Å²) in [5, 5.41) is 5.21. The SMILES string of the molecule is CC.CC1=NCC=C(CN(C(=O)C[C@H](C)c2ccccc2)c2ccc3c(c2)CCCC3)C=N1.CCc1cccc(S(N)=O)c1. The zero-order chi connectivity index (χ0) is 31.9. The average Bonchev–Trinajstić information content (AvgIpc) is 3.28. The summed E-state index contributed by atoms with van der Waals surface area (Å²) in [6, 6.07) is 24.4. The van der Waals surface area contributed by atoms with Crippen LogP contribution < -0.4 is 10.0 Å². The Hall–Kier alpha value is -3.68. The van der Waals surface area contributed by atoms with Crippen LogP contribution in [0.15, 0.2) is 99.3 Å². The first-order valence-corrected chi connectivity index (χ1v) is 17.0. The molecule has 0 saturated heterocycles. The number of rotatable bonds is 8. The van der Waals surface area contributed by atoms with E-state index in [0.29, 0.717) is 24.4 Å². The van der Waals surface area contributed by atoms with Gasteiger partial charge in [-0.2, -0.15) is 0 Å². The second-order valence-corrected chi connectivity index (χ2v) is 11.9. The fraction of sp³-hybridized carbons (Fsp3) is 0.378. The van der Waals surface area contributed by atoms with E-state index in [-0.39, 0.29) is 11.8 Å². The molecule has 3 aromatic carbocycles. The third-order valence-electron chi connectivity index (χ3n) is 7.76. The molecular formula is C37H48N4O2S. The number of carbonyl (C=O) groups is 1. The summed E-state index contributed by atoms with van der Waals surface area (Å²) in [6.45, 7) is 11.2. The van der Waals surface area contributed by atoms with Gasteiger partial charge in [0.15, 0.2) is 0 Å². The molecule has 2 atom stereocenters. The van der Waals surface area contributed by atoms with E-state index in [1.807, 2.05) is 68.3 Å². The van der Waals surface area contributed by atoms with Crippen LogP contribution in [-0.4, -0.2) is 35.3 Å². The largest absolute Gasteiger partial charge is 0.308 e. The molecule has 0 aromatic heterocycles. The number of carbonyl (C=O) groups excluding carboxylic acids is 1. The third-order valence-corrected chi connectivity index (χ3v) is 8.48. The Morgan fingerprint density at radius 3 is 2.41 bits per heavy atom. The van der Waals surface area contributed by atoms with Gasteiger partial charge >= 0.3 is 0 Å². The molecular weight excluding hydrogens is 565 g/mol. The Kier molecular flexibility index (Phi) is 14.4. The Labute approximate surface area is 266 Å². The highest BCUT2D eigenvalue weighted by Crippen LogP contribution is 2.28. The highest BCUT2D eigenvalue weighted by Gasteiger charge is 2.22. The van der Waals surface area contributed by atoms with E-state index >= 15 is 0 Å². The van der Waals surface area contributed by atoms with Crippen LogP contribution in [0.5, 0.6) is 0 Å². The van der Waals surface area contributed by atoms with Crippen LogP contribution in [0.3, 0.4) is 0 Å². The smallest absolute Gasteiger partial charge is 0.227 e. The minimum absolute atomic E-state index is 0.142. The fourth-order valence-electron chi connectivity index (χ4n) is 5.23. The molecule has 0 radical (unpaired) electrons. The Bertz CT molecular complexity index is 1480. The number of amides is 1. The van der Waals surface area contributed by atoms with Crippen molar-refractivity contribution in [2.24, 2.45) is 15.1 Å². The lowest BCUT2D eigenvalue weighted by Gasteiger charge is -2.27. The molecule has 0 spiro atoms. The first-order valence-electron chi connectivity index (χ1n) is 15.8. The Morgan fingerprint density at radius 1 is 0.977 bits per heavy atom. The number of aliphatic imine (C=N–C) groups is 2. The van der Waals surface area contributed by atoms with Gasteiger partial charge in [0.1, 0.15) is 16.8 Å². The van der Waals surface area contributed by atoms with E-state index < -0.39 is 11.0 Å². The molecule has 0 saturated carbocycles. The fourth-order valence-corrected chi connectivity index (χ4v) is 5.71. The summed E-state index contributed by atoms with van der Waals surface area (Å²) in [7, 11) is -1.34. The monoisotopic (exact) mass is 612 g/mol. The summed E-state index contributed by atoms with van der Waals surface area (Å²) in [5.74, 6) is 1.08. The van der Waals surface area contributed by atoms with Crippen molar-refractivity contribution >= 4 is 34.6 Å². The lowest BCUT2D eigenvalue weighted by molar-refractivity contribution is -0.118. The van der Waals surface area contributed by atoms with E-state index in [4.69, 9.17) is 5.14 Å². The van der Waals surface area contributed by atoms with Gasteiger partial charge in [-0.3, -0.25) is 9.79 Å². The van der Waals surface area contributed by atoms with Crippen molar-refractivity contribution < 1.29 is 9.00 Å². The van der Waals surface area contributed by atoms with E-state index in [2.05, 4.69) is 60.2 Å². The number of aryl methyl sites for hydroxylation is 3. The van der Waals surface area contributed by atoms with Gasteiger partial charge in [-0.05, 0) is 97.0 Å². The number of hydrogen-bond donors (Lipinski definition) is 1. The van der Waals surface area contributed by atoms with Crippen molar-refractivity contribution in [2.45, 2.75) is 84.0 Å². The van der Waals surface area contributed by atoms with Gasteiger partial charge in [0.2, 0.25) is 5.91 Å². The highest BCUT2D eigenvalue weighted by molar-refractivity contribution is 7.82.